The van der Waals surface area contributed by atoms with Crippen molar-refractivity contribution in [3.05, 3.63) is 40.3 Å². The Morgan fingerprint density at radius 1 is 1.36 bits per heavy atom. The third-order valence-corrected chi connectivity index (χ3v) is 3.71. The van der Waals surface area contributed by atoms with Crippen LogP contribution in [0.5, 0.6) is 0 Å². The van der Waals surface area contributed by atoms with Crippen molar-refractivity contribution in [3.8, 4) is 6.07 Å². The van der Waals surface area contributed by atoms with Crippen LogP contribution in [-0.4, -0.2) is 35.2 Å². The van der Waals surface area contributed by atoms with Crippen molar-refractivity contribution in [1.82, 2.24) is 4.90 Å². The largest absolute Gasteiger partial charge is 0.465 e. The van der Waals surface area contributed by atoms with Gasteiger partial charge in [0.2, 0.25) is 0 Å². The predicted molar refractivity (Wildman–Crippen MR) is 80.5 cm³/mol. The Kier molecular flexibility index (Phi) is 4.96. The fraction of sp³-hybridized carbons (Fsp3) is 0.200. The second-order valence-electron chi connectivity index (χ2n) is 4.31. The van der Waals surface area contributed by atoms with E-state index >= 15 is 0 Å². The van der Waals surface area contributed by atoms with Crippen LogP contribution >= 0.6 is 11.8 Å². The van der Waals surface area contributed by atoms with Gasteiger partial charge in [-0.25, -0.2) is 0 Å². The van der Waals surface area contributed by atoms with Gasteiger partial charge in [-0.15, -0.1) is 0 Å². The van der Waals surface area contributed by atoms with Gasteiger partial charge in [-0.05, 0) is 42.5 Å². The number of rotatable bonds is 4. The predicted octanol–water partition coefficient (Wildman–Crippen LogP) is 2.16. The summed E-state index contributed by atoms with van der Waals surface area (Å²) in [7, 11) is 0. The lowest BCUT2D eigenvalue weighted by atomic mass is 10.1. The van der Waals surface area contributed by atoms with Gasteiger partial charge in [-0.1, -0.05) is 12.1 Å². The van der Waals surface area contributed by atoms with Gasteiger partial charge >= 0.3 is 5.97 Å². The number of hydrogen-bond acceptors (Lipinski definition) is 6. The lowest BCUT2D eigenvalue weighted by molar-refractivity contribution is -0.145. The van der Waals surface area contributed by atoms with Crippen molar-refractivity contribution in [1.29, 1.82) is 5.26 Å². The van der Waals surface area contributed by atoms with Gasteiger partial charge in [-0.2, -0.15) is 5.26 Å². The summed E-state index contributed by atoms with van der Waals surface area (Å²) in [6, 6.07) is 8.59. The molecule has 0 saturated carbocycles. The topological polar surface area (TPSA) is 87.5 Å². The molecule has 22 heavy (non-hydrogen) atoms. The Hall–Kier alpha value is -2.59. The highest BCUT2D eigenvalue weighted by molar-refractivity contribution is 8.18. The molecule has 0 radical (unpaired) electrons. The van der Waals surface area contributed by atoms with Crippen LogP contribution in [0.3, 0.4) is 0 Å². The summed E-state index contributed by atoms with van der Waals surface area (Å²) in [5.41, 5.74) is 1.20. The molecule has 0 aliphatic carbocycles. The molecule has 1 fully saturated rings. The third kappa shape index (κ3) is 3.54. The van der Waals surface area contributed by atoms with Gasteiger partial charge in [0.25, 0.3) is 11.1 Å². The maximum absolute atomic E-state index is 12.1. The molecule has 112 valence electrons. The molecule has 1 saturated heterocycles. The highest BCUT2D eigenvalue weighted by Gasteiger charge is 2.36. The minimum Gasteiger partial charge on any atom is -0.465 e. The van der Waals surface area contributed by atoms with E-state index in [1.165, 1.54) is 0 Å². The molecule has 0 unspecified atom stereocenters. The molecule has 6 nitrogen and oxygen atoms in total. The van der Waals surface area contributed by atoms with Gasteiger partial charge in [-0.3, -0.25) is 19.3 Å². The summed E-state index contributed by atoms with van der Waals surface area (Å²) >= 11 is 0.772. The molecule has 0 bridgehead atoms. The SMILES string of the molecule is CCOC(=O)CN1C(=O)S/C(=C/c2ccc(C#N)cc2)C1=O. The van der Waals surface area contributed by atoms with E-state index in [9.17, 15) is 14.4 Å². The zero-order valence-corrected chi connectivity index (χ0v) is 12.6. The van der Waals surface area contributed by atoms with Gasteiger partial charge in [0.05, 0.1) is 23.1 Å². The minimum absolute atomic E-state index is 0.191. The zero-order chi connectivity index (χ0) is 16.1. The van der Waals surface area contributed by atoms with Crippen LogP contribution in [0, 0.1) is 11.3 Å². The number of hydrogen-bond donors (Lipinski definition) is 0. The van der Waals surface area contributed by atoms with Crippen molar-refractivity contribution in [2.24, 2.45) is 0 Å². The molecule has 7 heteroatoms. The van der Waals surface area contributed by atoms with Gasteiger partial charge in [0, 0.05) is 0 Å². The van der Waals surface area contributed by atoms with Crippen molar-refractivity contribution in [2.75, 3.05) is 13.2 Å². The van der Waals surface area contributed by atoms with Crippen molar-refractivity contribution in [3.63, 3.8) is 0 Å². The van der Waals surface area contributed by atoms with E-state index in [4.69, 9.17) is 10.00 Å². The summed E-state index contributed by atoms with van der Waals surface area (Å²) in [5.74, 6) is -1.14. The second kappa shape index (κ2) is 6.91. The average Bonchev–Trinajstić information content (AvgIpc) is 2.76. The fourth-order valence-electron chi connectivity index (χ4n) is 1.78. The van der Waals surface area contributed by atoms with E-state index < -0.39 is 17.1 Å². The van der Waals surface area contributed by atoms with Crippen molar-refractivity contribution >= 4 is 35.0 Å². The number of thioether (sulfide) groups is 1. The summed E-state index contributed by atoms with van der Waals surface area (Å²) in [6.45, 7) is 1.45. The number of imide groups is 1. The van der Waals surface area contributed by atoms with Crippen LogP contribution in [-0.2, 0) is 14.3 Å². The lowest BCUT2D eigenvalue weighted by Gasteiger charge is -2.10. The first-order valence-corrected chi connectivity index (χ1v) is 7.28. The van der Waals surface area contributed by atoms with Crippen LogP contribution < -0.4 is 0 Å². The summed E-state index contributed by atoms with van der Waals surface area (Å²) in [4.78, 5) is 36.4. The first kappa shape index (κ1) is 15.8. The highest BCUT2D eigenvalue weighted by atomic mass is 32.2. The Morgan fingerprint density at radius 3 is 2.64 bits per heavy atom. The standard InChI is InChI=1S/C15H12N2O4S/c1-2-21-13(18)9-17-14(19)12(22-15(17)20)7-10-3-5-11(8-16)6-4-10/h3-7H,2,9H2,1H3/b12-7+. The highest BCUT2D eigenvalue weighted by Crippen LogP contribution is 2.32. The zero-order valence-electron chi connectivity index (χ0n) is 11.7. The number of amides is 2. The molecule has 2 rings (SSSR count). The number of benzene rings is 1. The molecule has 0 spiro atoms. The molecule has 0 aromatic heterocycles. The monoisotopic (exact) mass is 316 g/mol. The van der Waals surface area contributed by atoms with Gasteiger partial charge < -0.3 is 4.74 Å². The van der Waals surface area contributed by atoms with Crippen LogP contribution in [0.1, 0.15) is 18.1 Å². The van der Waals surface area contributed by atoms with E-state index in [2.05, 4.69) is 0 Å². The molecule has 2 amide bonds. The lowest BCUT2D eigenvalue weighted by Crippen LogP contribution is -2.34. The Bertz CT molecular complexity index is 688. The number of nitrogens with zero attached hydrogens (tertiary/aromatic N) is 2. The van der Waals surface area contributed by atoms with E-state index in [1.54, 1.807) is 37.3 Å². The van der Waals surface area contributed by atoms with E-state index in [0.717, 1.165) is 16.7 Å². The van der Waals surface area contributed by atoms with Crippen LogP contribution in [0.15, 0.2) is 29.2 Å². The summed E-state index contributed by atoms with van der Waals surface area (Å²) in [6.07, 6.45) is 1.55. The first-order chi connectivity index (χ1) is 10.5. The molecular weight excluding hydrogens is 304 g/mol. The normalized spacial score (nSPS) is 16.0. The Balaban J connectivity index is 2.14. The smallest absolute Gasteiger partial charge is 0.326 e. The average molecular weight is 316 g/mol. The molecule has 0 atom stereocenters. The fourth-order valence-corrected chi connectivity index (χ4v) is 2.62. The quantitative estimate of drug-likeness (QED) is 0.625. The third-order valence-electron chi connectivity index (χ3n) is 2.80. The number of ether oxygens (including phenoxy) is 1. The molecule has 1 aliphatic heterocycles. The molecule has 1 aromatic carbocycles. The van der Waals surface area contributed by atoms with E-state index in [0.29, 0.717) is 11.1 Å². The molecule has 0 N–H and O–H groups in total. The van der Waals surface area contributed by atoms with Crippen molar-refractivity contribution in [2.45, 2.75) is 6.92 Å². The van der Waals surface area contributed by atoms with Crippen LogP contribution in [0.2, 0.25) is 0 Å². The second-order valence-corrected chi connectivity index (χ2v) is 5.30. The molecule has 1 heterocycles. The molecular formula is C15H12N2O4S. The number of carbonyl (C=O) groups excluding carboxylic acids is 3. The van der Waals surface area contributed by atoms with E-state index in [-0.39, 0.29) is 18.1 Å². The summed E-state index contributed by atoms with van der Waals surface area (Å²) < 4.78 is 4.74. The minimum atomic E-state index is -0.621. The summed E-state index contributed by atoms with van der Waals surface area (Å²) in [5, 5.41) is 8.23. The van der Waals surface area contributed by atoms with E-state index in [1.807, 2.05) is 6.07 Å². The molecule has 1 aromatic rings. The maximum atomic E-state index is 12.1. The number of esters is 1. The maximum Gasteiger partial charge on any atom is 0.326 e. The van der Waals surface area contributed by atoms with Gasteiger partial charge in [0.15, 0.2) is 0 Å². The first-order valence-electron chi connectivity index (χ1n) is 6.46. The van der Waals surface area contributed by atoms with Crippen LogP contribution in [0.25, 0.3) is 6.08 Å². The Morgan fingerprint density at radius 2 is 2.05 bits per heavy atom. The molecule has 1 aliphatic rings. The van der Waals surface area contributed by atoms with Crippen LogP contribution in [0.4, 0.5) is 4.79 Å². The van der Waals surface area contributed by atoms with Gasteiger partial charge in [0.1, 0.15) is 6.54 Å². The van der Waals surface area contributed by atoms with Crippen molar-refractivity contribution < 1.29 is 19.1 Å². The number of carbonyl (C=O) groups is 3. The Labute approximate surface area is 131 Å². The number of nitriles is 1.